The van der Waals surface area contributed by atoms with Crippen molar-refractivity contribution in [2.75, 3.05) is 17.3 Å². The fraction of sp³-hybridized carbons (Fsp3) is 0.600. The predicted molar refractivity (Wildman–Crippen MR) is 70.6 cm³/mol. The number of aliphatic hydroxyl groups excluding tert-OH is 1. The molecule has 1 aromatic heterocycles. The van der Waals surface area contributed by atoms with Crippen LogP contribution in [0.1, 0.15) is 25.5 Å². The minimum atomic E-state index is -0.547. The van der Waals surface area contributed by atoms with Gasteiger partial charge in [-0.05, 0) is 19.8 Å². The van der Waals surface area contributed by atoms with E-state index in [1.165, 1.54) is 6.92 Å². The van der Waals surface area contributed by atoms with Crippen LogP contribution in [0.5, 0.6) is 0 Å². The van der Waals surface area contributed by atoms with Gasteiger partial charge in [-0.15, -0.1) is 0 Å². The van der Waals surface area contributed by atoms with Crippen molar-refractivity contribution in [2.24, 2.45) is 5.84 Å². The van der Waals surface area contributed by atoms with E-state index in [1.54, 1.807) is 0 Å². The van der Waals surface area contributed by atoms with Crippen LogP contribution in [0.4, 0.5) is 17.5 Å². The lowest BCUT2D eigenvalue weighted by Gasteiger charge is -2.11. The lowest BCUT2D eigenvalue weighted by Crippen LogP contribution is -2.17. The average Bonchev–Trinajstić information content (AvgIpc) is 2.37. The third-order valence-corrected chi connectivity index (χ3v) is 2.61. The van der Waals surface area contributed by atoms with Crippen LogP contribution in [0, 0.1) is 17.0 Å². The SMILES string of the molecule is CCC(O)CCNc1nc(NN)nc(C)c1[N+](=O)[O-]. The summed E-state index contributed by atoms with van der Waals surface area (Å²) >= 11 is 0. The Kier molecular flexibility index (Phi) is 5.39. The van der Waals surface area contributed by atoms with E-state index in [0.717, 1.165) is 0 Å². The first-order valence-electron chi connectivity index (χ1n) is 5.91. The van der Waals surface area contributed by atoms with E-state index in [0.29, 0.717) is 19.4 Å². The van der Waals surface area contributed by atoms with Crippen LogP contribution in [-0.2, 0) is 0 Å². The number of hydrogen-bond acceptors (Lipinski definition) is 8. The second-order valence-electron chi connectivity index (χ2n) is 4.01. The fourth-order valence-electron chi connectivity index (χ4n) is 1.53. The van der Waals surface area contributed by atoms with Gasteiger partial charge in [0.2, 0.25) is 11.8 Å². The van der Waals surface area contributed by atoms with E-state index in [1.807, 2.05) is 6.92 Å². The summed E-state index contributed by atoms with van der Waals surface area (Å²) in [7, 11) is 0. The third-order valence-electron chi connectivity index (χ3n) is 2.61. The molecule has 0 aliphatic rings. The minimum absolute atomic E-state index is 0.0914. The molecule has 0 radical (unpaired) electrons. The highest BCUT2D eigenvalue weighted by atomic mass is 16.6. The number of rotatable bonds is 7. The monoisotopic (exact) mass is 270 g/mol. The fourth-order valence-corrected chi connectivity index (χ4v) is 1.53. The third kappa shape index (κ3) is 4.00. The Morgan fingerprint density at radius 2 is 2.21 bits per heavy atom. The molecule has 5 N–H and O–H groups in total. The van der Waals surface area contributed by atoms with Crippen molar-refractivity contribution < 1.29 is 10.0 Å². The maximum Gasteiger partial charge on any atom is 0.332 e. The highest BCUT2D eigenvalue weighted by Crippen LogP contribution is 2.26. The number of hydrazine groups is 1. The Hall–Kier alpha value is -2.00. The maximum absolute atomic E-state index is 11.0. The van der Waals surface area contributed by atoms with Crippen molar-refractivity contribution in [3.05, 3.63) is 15.8 Å². The molecule has 0 bridgehead atoms. The summed E-state index contributed by atoms with van der Waals surface area (Å²) in [6, 6.07) is 0. The Bertz CT molecular complexity index is 453. The molecule has 0 aromatic carbocycles. The molecule has 1 aromatic rings. The van der Waals surface area contributed by atoms with Gasteiger partial charge < -0.3 is 10.4 Å². The van der Waals surface area contributed by atoms with Crippen LogP contribution in [0.25, 0.3) is 0 Å². The largest absolute Gasteiger partial charge is 0.393 e. The van der Waals surface area contributed by atoms with Crippen molar-refractivity contribution >= 4 is 17.5 Å². The summed E-state index contributed by atoms with van der Waals surface area (Å²) < 4.78 is 0. The molecule has 1 atom stereocenters. The Balaban J connectivity index is 2.90. The highest BCUT2D eigenvalue weighted by Gasteiger charge is 2.21. The standard InChI is InChI=1S/C10H18N6O3/c1-3-7(17)4-5-12-9-8(16(18)19)6(2)13-10(14-9)15-11/h7,17H,3-5,11H2,1-2H3,(H2,12,13,14,15). The number of nitrogens with two attached hydrogens (primary N) is 1. The molecule has 0 amide bonds. The van der Waals surface area contributed by atoms with Crippen LogP contribution in [0.15, 0.2) is 0 Å². The number of anilines is 2. The first-order valence-corrected chi connectivity index (χ1v) is 5.91. The quantitative estimate of drug-likeness (QED) is 0.320. The van der Waals surface area contributed by atoms with E-state index < -0.39 is 11.0 Å². The first kappa shape index (κ1) is 15.1. The number of nitro groups is 1. The summed E-state index contributed by atoms with van der Waals surface area (Å²) in [6.07, 6.45) is 0.658. The van der Waals surface area contributed by atoms with Gasteiger partial charge in [0.25, 0.3) is 0 Å². The number of hydrogen-bond donors (Lipinski definition) is 4. The molecule has 9 nitrogen and oxygen atoms in total. The Labute approximate surface area is 110 Å². The Morgan fingerprint density at radius 3 is 2.74 bits per heavy atom. The van der Waals surface area contributed by atoms with Crippen LogP contribution in [-0.4, -0.2) is 32.6 Å². The first-order chi connectivity index (χ1) is 8.99. The van der Waals surface area contributed by atoms with Gasteiger partial charge >= 0.3 is 5.69 Å². The molecule has 1 unspecified atom stereocenters. The summed E-state index contributed by atoms with van der Waals surface area (Å²) in [6.45, 7) is 3.74. The highest BCUT2D eigenvalue weighted by molar-refractivity contribution is 5.60. The number of aryl methyl sites for hydroxylation is 1. The molecule has 0 fully saturated rings. The molecule has 0 aliphatic carbocycles. The molecule has 0 saturated heterocycles. The maximum atomic E-state index is 11.0. The zero-order valence-corrected chi connectivity index (χ0v) is 10.9. The second-order valence-corrected chi connectivity index (χ2v) is 4.01. The zero-order valence-electron chi connectivity index (χ0n) is 10.9. The zero-order chi connectivity index (χ0) is 14.4. The van der Waals surface area contributed by atoms with Gasteiger partial charge in [-0.25, -0.2) is 10.8 Å². The van der Waals surface area contributed by atoms with Gasteiger partial charge in [0.15, 0.2) is 0 Å². The number of nitrogens with one attached hydrogen (secondary N) is 2. The van der Waals surface area contributed by atoms with Gasteiger partial charge in [-0.3, -0.25) is 15.5 Å². The second kappa shape index (κ2) is 6.81. The summed E-state index contributed by atoms with van der Waals surface area (Å²) in [4.78, 5) is 18.2. The number of nitrogen functional groups attached to an aromatic ring is 1. The molecule has 0 saturated carbocycles. The predicted octanol–water partition coefficient (Wildman–Crippen LogP) is 0.552. The van der Waals surface area contributed by atoms with Crippen molar-refractivity contribution in [2.45, 2.75) is 32.8 Å². The van der Waals surface area contributed by atoms with Gasteiger partial charge in [0.05, 0.1) is 11.0 Å². The van der Waals surface area contributed by atoms with Gasteiger partial charge in [0.1, 0.15) is 5.69 Å². The van der Waals surface area contributed by atoms with Crippen LogP contribution < -0.4 is 16.6 Å². The van der Waals surface area contributed by atoms with Gasteiger partial charge in [0, 0.05) is 6.54 Å². The van der Waals surface area contributed by atoms with Crippen LogP contribution in [0.2, 0.25) is 0 Å². The van der Waals surface area contributed by atoms with Crippen LogP contribution >= 0.6 is 0 Å². The van der Waals surface area contributed by atoms with Crippen molar-refractivity contribution in [1.82, 2.24) is 9.97 Å². The smallest absolute Gasteiger partial charge is 0.332 e. The molecule has 0 spiro atoms. The molecular weight excluding hydrogens is 252 g/mol. The number of aliphatic hydroxyl groups is 1. The molecule has 1 rings (SSSR count). The summed E-state index contributed by atoms with van der Waals surface area (Å²) in [5.74, 6) is 5.39. The van der Waals surface area contributed by atoms with E-state index in [-0.39, 0.29) is 23.1 Å². The number of nitrogens with zero attached hydrogens (tertiary/aromatic N) is 3. The minimum Gasteiger partial charge on any atom is -0.393 e. The van der Waals surface area contributed by atoms with Crippen molar-refractivity contribution in [3.63, 3.8) is 0 Å². The molecule has 19 heavy (non-hydrogen) atoms. The van der Waals surface area contributed by atoms with E-state index >= 15 is 0 Å². The van der Waals surface area contributed by atoms with E-state index in [4.69, 9.17) is 5.84 Å². The number of aromatic nitrogens is 2. The van der Waals surface area contributed by atoms with Crippen LogP contribution in [0.3, 0.4) is 0 Å². The summed E-state index contributed by atoms with van der Waals surface area (Å²) in [5.41, 5.74) is 2.28. The summed E-state index contributed by atoms with van der Waals surface area (Å²) in [5, 5.41) is 23.2. The Morgan fingerprint density at radius 1 is 1.53 bits per heavy atom. The average molecular weight is 270 g/mol. The van der Waals surface area contributed by atoms with E-state index in [2.05, 4.69) is 20.7 Å². The van der Waals surface area contributed by atoms with Crippen molar-refractivity contribution in [1.29, 1.82) is 0 Å². The van der Waals surface area contributed by atoms with E-state index in [9.17, 15) is 15.2 Å². The molecule has 0 aliphatic heterocycles. The molecule has 106 valence electrons. The lowest BCUT2D eigenvalue weighted by atomic mass is 10.2. The molecule has 9 heteroatoms. The van der Waals surface area contributed by atoms with Gasteiger partial charge in [-0.1, -0.05) is 6.92 Å². The molecular formula is C10H18N6O3. The lowest BCUT2D eigenvalue weighted by molar-refractivity contribution is -0.385. The normalized spacial score (nSPS) is 12.0. The topological polar surface area (TPSA) is 139 Å². The molecule has 1 heterocycles. The van der Waals surface area contributed by atoms with Gasteiger partial charge in [-0.2, -0.15) is 4.98 Å². The van der Waals surface area contributed by atoms with Crippen molar-refractivity contribution in [3.8, 4) is 0 Å².